The summed E-state index contributed by atoms with van der Waals surface area (Å²) >= 11 is 0. The summed E-state index contributed by atoms with van der Waals surface area (Å²) in [5.41, 5.74) is 3.01. The second-order valence-electron chi connectivity index (χ2n) is 5.78. The van der Waals surface area contributed by atoms with Gasteiger partial charge in [-0.15, -0.1) is 0 Å². The molecule has 3 amide bonds. The quantitative estimate of drug-likeness (QED) is 0.901. The minimum absolute atomic E-state index is 0.100. The molecule has 6 heteroatoms. The monoisotopic (exact) mass is 324 g/mol. The number of nitrogens with zero attached hydrogens (tertiary/aromatic N) is 2. The molecule has 0 radical (unpaired) electrons. The number of nitrogens with one attached hydrogen (secondary N) is 2. The molecule has 2 N–H and O–H groups in total. The van der Waals surface area contributed by atoms with E-state index in [2.05, 4.69) is 15.6 Å². The molecule has 6 nitrogen and oxygen atoms in total. The average Bonchev–Trinajstić information content (AvgIpc) is 3.04. The van der Waals surface area contributed by atoms with Gasteiger partial charge in [-0.05, 0) is 36.6 Å². The molecule has 0 fully saturated rings. The van der Waals surface area contributed by atoms with Crippen molar-refractivity contribution in [1.82, 2.24) is 15.6 Å². The molecule has 0 saturated heterocycles. The summed E-state index contributed by atoms with van der Waals surface area (Å²) in [5, 5.41) is 5.43. The summed E-state index contributed by atoms with van der Waals surface area (Å²) in [6.45, 7) is 2.72. The van der Waals surface area contributed by atoms with Gasteiger partial charge in [0.1, 0.15) is 6.04 Å². The minimum atomic E-state index is -0.593. The Morgan fingerprint density at radius 3 is 2.88 bits per heavy atom. The van der Waals surface area contributed by atoms with Crippen LogP contribution in [0.25, 0.3) is 0 Å². The molecule has 24 heavy (non-hydrogen) atoms. The van der Waals surface area contributed by atoms with E-state index in [1.807, 2.05) is 36.4 Å². The number of urea groups is 1. The third kappa shape index (κ3) is 3.53. The molecule has 1 aromatic heterocycles. The average molecular weight is 324 g/mol. The zero-order valence-corrected chi connectivity index (χ0v) is 13.5. The highest BCUT2D eigenvalue weighted by molar-refractivity contribution is 6.00. The molecule has 1 aliphatic rings. The van der Waals surface area contributed by atoms with Crippen molar-refractivity contribution in [1.29, 1.82) is 0 Å². The van der Waals surface area contributed by atoms with E-state index in [0.717, 1.165) is 17.7 Å². The van der Waals surface area contributed by atoms with Crippen molar-refractivity contribution in [3.8, 4) is 0 Å². The number of benzene rings is 1. The first kappa shape index (κ1) is 16.0. The highest BCUT2D eigenvalue weighted by Crippen LogP contribution is 2.27. The van der Waals surface area contributed by atoms with Gasteiger partial charge in [0.25, 0.3) is 0 Å². The Balaban J connectivity index is 1.54. The van der Waals surface area contributed by atoms with Crippen LogP contribution in [-0.2, 0) is 17.8 Å². The van der Waals surface area contributed by atoms with E-state index in [0.29, 0.717) is 13.1 Å². The van der Waals surface area contributed by atoms with Gasteiger partial charge >= 0.3 is 6.03 Å². The van der Waals surface area contributed by atoms with Crippen LogP contribution in [0.1, 0.15) is 18.1 Å². The van der Waals surface area contributed by atoms with Crippen molar-refractivity contribution in [2.45, 2.75) is 25.9 Å². The van der Waals surface area contributed by atoms with Gasteiger partial charge in [0.05, 0.1) is 0 Å². The maximum atomic E-state index is 12.6. The fourth-order valence-electron chi connectivity index (χ4n) is 2.80. The number of fused-ring (bicyclic) bond motifs is 1. The summed E-state index contributed by atoms with van der Waals surface area (Å²) in [6.07, 6.45) is 4.22. The molecule has 0 aliphatic carbocycles. The number of amides is 3. The van der Waals surface area contributed by atoms with Gasteiger partial charge < -0.3 is 15.5 Å². The Hall–Kier alpha value is -2.89. The fraction of sp³-hybridized carbons (Fsp3) is 0.278. The first-order valence-electron chi connectivity index (χ1n) is 7.97. The molecule has 1 unspecified atom stereocenters. The molecule has 2 aromatic rings. The van der Waals surface area contributed by atoms with Crippen molar-refractivity contribution in [2.75, 3.05) is 11.4 Å². The molecule has 124 valence electrons. The number of pyridine rings is 1. The van der Waals surface area contributed by atoms with Crippen LogP contribution in [0.2, 0.25) is 0 Å². The van der Waals surface area contributed by atoms with E-state index in [1.54, 1.807) is 24.2 Å². The Morgan fingerprint density at radius 2 is 2.08 bits per heavy atom. The molecule has 1 atom stereocenters. The highest BCUT2D eigenvalue weighted by atomic mass is 16.2. The summed E-state index contributed by atoms with van der Waals surface area (Å²) in [7, 11) is 0. The lowest BCUT2D eigenvalue weighted by Gasteiger charge is -2.22. The summed E-state index contributed by atoms with van der Waals surface area (Å²) in [4.78, 5) is 30.3. The van der Waals surface area contributed by atoms with Crippen molar-refractivity contribution >= 4 is 17.6 Å². The van der Waals surface area contributed by atoms with E-state index in [-0.39, 0.29) is 11.9 Å². The largest absolute Gasteiger partial charge is 0.334 e. The fourth-order valence-corrected chi connectivity index (χ4v) is 2.80. The molecule has 1 aliphatic heterocycles. The van der Waals surface area contributed by atoms with Crippen LogP contribution < -0.4 is 15.5 Å². The number of carbonyl (C=O) groups is 2. The predicted octanol–water partition coefficient (Wildman–Crippen LogP) is 1.86. The van der Waals surface area contributed by atoms with Gasteiger partial charge in [0.2, 0.25) is 5.91 Å². The third-order valence-corrected chi connectivity index (χ3v) is 4.05. The zero-order valence-electron chi connectivity index (χ0n) is 13.5. The first-order valence-corrected chi connectivity index (χ1v) is 7.97. The number of hydrogen-bond donors (Lipinski definition) is 2. The minimum Gasteiger partial charge on any atom is -0.334 e. The Labute approximate surface area is 140 Å². The van der Waals surface area contributed by atoms with Gasteiger partial charge in [-0.3, -0.25) is 9.78 Å². The van der Waals surface area contributed by atoms with Crippen LogP contribution in [0.5, 0.6) is 0 Å². The van der Waals surface area contributed by atoms with E-state index in [9.17, 15) is 9.59 Å². The molecule has 0 spiro atoms. The van der Waals surface area contributed by atoms with Crippen molar-refractivity contribution in [2.24, 2.45) is 0 Å². The lowest BCUT2D eigenvalue weighted by Crippen LogP contribution is -2.49. The molecular weight excluding hydrogens is 304 g/mol. The second kappa shape index (κ2) is 7.12. The second-order valence-corrected chi connectivity index (χ2v) is 5.78. The van der Waals surface area contributed by atoms with Gasteiger partial charge in [0.15, 0.2) is 0 Å². The number of anilines is 1. The van der Waals surface area contributed by atoms with Crippen LogP contribution in [0, 0.1) is 0 Å². The third-order valence-electron chi connectivity index (χ3n) is 4.05. The Morgan fingerprint density at radius 1 is 1.25 bits per heavy atom. The normalized spacial score (nSPS) is 14.0. The van der Waals surface area contributed by atoms with E-state index in [1.165, 1.54) is 5.56 Å². The Bertz CT molecular complexity index is 733. The number of carbonyl (C=O) groups excluding carboxylic acids is 2. The van der Waals surface area contributed by atoms with E-state index in [4.69, 9.17) is 0 Å². The van der Waals surface area contributed by atoms with E-state index >= 15 is 0 Å². The van der Waals surface area contributed by atoms with Crippen molar-refractivity contribution < 1.29 is 9.59 Å². The maximum absolute atomic E-state index is 12.6. The number of rotatable bonds is 4. The van der Waals surface area contributed by atoms with E-state index < -0.39 is 6.04 Å². The standard InChI is InChI=1S/C18H20N4O2/c1-13(21-18(24)20-12-14-5-4-9-19-11-14)17(23)22-10-8-15-6-2-3-7-16(15)22/h2-7,9,11,13H,8,10,12H2,1H3,(H2,20,21,24). The predicted molar refractivity (Wildman–Crippen MR) is 91.6 cm³/mol. The summed E-state index contributed by atoms with van der Waals surface area (Å²) in [5.74, 6) is -0.100. The lowest BCUT2D eigenvalue weighted by atomic mass is 10.2. The van der Waals surface area contributed by atoms with Crippen LogP contribution in [-0.4, -0.2) is 29.5 Å². The maximum Gasteiger partial charge on any atom is 0.315 e. The molecule has 1 aromatic carbocycles. The molecule has 2 heterocycles. The van der Waals surface area contributed by atoms with Crippen molar-refractivity contribution in [3.63, 3.8) is 0 Å². The zero-order chi connectivity index (χ0) is 16.9. The molecular formula is C18H20N4O2. The molecule has 0 saturated carbocycles. The smallest absolute Gasteiger partial charge is 0.315 e. The first-order chi connectivity index (χ1) is 11.6. The van der Waals surface area contributed by atoms with Gasteiger partial charge in [-0.2, -0.15) is 0 Å². The van der Waals surface area contributed by atoms with Crippen LogP contribution in [0.3, 0.4) is 0 Å². The number of hydrogen-bond acceptors (Lipinski definition) is 3. The molecule has 3 rings (SSSR count). The van der Waals surface area contributed by atoms with Gasteiger partial charge in [-0.25, -0.2) is 4.79 Å². The lowest BCUT2D eigenvalue weighted by molar-refractivity contribution is -0.119. The number of aromatic nitrogens is 1. The number of para-hydroxylation sites is 1. The summed E-state index contributed by atoms with van der Waals surface area (Å²) < 4.78 is 0. The SMILES string of the molecule is CC(NC(=O)NCc1cccnc1)C(=O)N1CCc2ccccc21. The van der Waals surface area contributed by atoms with Crippen molar-refractivity contribution in [3.05, 3.63) is 59.9 Å². The van der Waals surface area contributed by atoms with Gasteiger partial charge in [-0.1, -0.05) is 24.3 Å². The Kier molecular flexibility index (Phi) is 4.74. The van der Waals surface area contributed by atoms with Gasteiger partial charge in [0, 0.05) is 31.2 Å². The highest BCUT2D eigenvalue weighted by Gasteiger charge is 2.28. The molecule has 0 bridgehead atoms. The van der Waals surface area contributed by atoms with Crippen LogP contribution in [0.4, 0.5) is 10.5 Å². The van der Waals surface area contributed by atoms with Crippen LogP contribution in [0.15, 0.2) is 48.8 Å². The van der Waals surface area contributed by atoms with Crippen LogP contribution >= 0.6 is 0 Å². The topological polar surface area (TPSA) is 74.3 Å². The summed E-state index contributed by atoms with van der Waals surface area (Å²) in [6, 6.07) is 10.6.